The predicted molar refractivity (Wildman–Crippen MR) is 67.8 cm³/mol. The van der Waals surface area contributed by atoms with Crippen LogP contribution < -0.4 is 10.6 Å². The largest absolute Gasteiger partial charge is 0.418 e. The molecule has 1 rings (SSSR count). The molecular formula is C13H17F3N2O. The molecule has 0 radical (unpaired) electrons. The smallest absolute Gasteiger partial charge is 0.324 e. The Morgan fingerprint density at radius 1 is 1.21 bits per heavy atom. The molecule has 0 unspecified atom stereocenters. The maximum Gasteiger partial charge on any atom is 0.418 e. The molecule has 0 saturated carbocycles. The van der Waals surface area contributed by atoms with Crippen molar-refractivity contribution in [3.8, 4) is 0 Å². The van der Waals surface area contributed by atoms with Gasteiger partial charge in [-0.1, -0.05) is 19.1 Å². The Labute approximate surface area is 110 Å². The number of nitrogens with one attached hydrogen (secondary N) is 2. The highest BCUT2D eigenvalue weighted by atomic mass is 19.4. The number of hydrogen-bond donors (Lipinski definition) is 2. The van der Waals surface area contributed by atoms with Gasteiger partial charge in [-0.25, -0.2) is 0 Å². The van der Waals surface area contributed by atoms with Crippen LogP contribution in [0.5, 0.6) is 0 Å². The predicted octanol–water partition coefficient (Wildman–Crippen LogP) is 3.03. The molecular weight excluding hydrogens is 257 g/mol. The van der Waals surface area contributed by atoms with Gasteiger partial charge in [-0.15, -0.1) is 0 Å². The highest BCUT2D eigenvalue weighted by molar-refractivity contribution is 5.98. The third kappa shape index (κ3) is 3.96. The second kappa shape index (κ2) is 5.61. The summed E-state index contributed by atoms with van der Waals surface area (Å²) in [4.78, 5) is 12.0. The fourth-order valence-electron chi connectivity index (χ4n) is 1.64. The zero-order valence-corrected chi connectivity index (χ0v) is 11.1. The molecule has 0 spiro atoms. The number of hydrogen-bond acceptors (Lipinski definition) is 2. The second-order valence-corrected chi connectivity index (χ2v) is 4.65. The minimum atomic E-state index is -4.49. The van der Waals surface area contributed by atoms with Crippen molar-refractivity contribution in [1.82, 2.24) is 5.32 Å². The summed E-state index contributed by atoms with van der Waals surface area (Å²) < 4.78 is 38.3. The molecule has 0 saturated heterocycles. The van der Waals surface area contributed by atoms with Crippen molar-refractivity contribution < 1.29 is 18.0 Å². The van der Waals surface area contributed by atoms with Crippen LogP contribution in [0, 0.1) is 0 Å². The van der Waals surface area contributed by atoms with Crippen molar-refractivity contribution in [1.29, 1.82) is 0 Å². The van der Waals surface area contributed by atoms with E-state index in [1.807, 2.05) is 6.92 Å². The zero-order valence-electron chi connectivity index (χ0n) is 11.1. The molecule has 0 heterocycles. The summed E-state index contributed by atoms with van der Waals surface area (Å²) in [6.07, 6.45) is -4.49. The van der Waals surface area contributed by atoms with Gasteiger partial charge in [0.05, 0.1) is 16.8 Å². The number of halogens is 3. The van der Waals surface area contributed by atoms with Crippen LogP contribution in [0.15, 0.2) is 24.3 Å². The first kappa shape index (κ1) is 15.5. The molecule has 0 atom stereocenters. The van der Waals surface area contributed by atoms with Crippen LogP contribution in [0.1, 0.15) is 26.3 Å². The van der Waals surface area contributed by atoms with E-state index in [1.54, 1.807) is 13.8 Å². The van der Waals surface area contributed by atoms with Crippen LogP contribution in [-0.4, -0.2) is 18.0 Å². The van der Waals surface area contributed by atoms with E-state index >= 15 is 0 Å². The Balaban J connectivity index is 2.98. The lowest BCUT2D eigenvalue weighted by atomic mass is 10.0. The second-order valence-electron chi connectivity index (χ2n) is 4.65. The number of carbonyl (C=O) groups is 1. The van der Waals surface area contributed by atoms with Gasteiger partial charge < -0.3 is 10.6 Å². The van der Waals surface area contributed by atoms with Crippen molar-refractivity contribution in [3.05, 3.63) is 29.8 Å². The van der Waals surface area contributed by atoms with Crippen molar-refractivity contribution >= 4 is 11.6 Å². The third-order valence-electron chi connectivity index (χ3n) is 2.67. The van der Waals surface area contributed by atoms with Crippen LogP contribution in [-0.2, 0) is 11.0 Å². The molecule has 0 aromatic heterocycles. The van der Waals surface area contributed by atoms with E-state index in [9.17, 15) is 18.0 Å². The minimum absolute atomic E-state index is 0.231. The Bertz CT molecular complexity index is 455. The van der Waals surface area contributed by atoms with E-state index in [-0.39, 0.29) is 5.69 Å². The maximum atomic E-state index is 12.8. The van der Waals surface area contributed by atoms with Crippen molar-refractivity contribution in [2.24, 2.45) is 0 Å². The Morgan fingerprint density at radius 2 is 1.79 bits per heavy atom. The molecule has 0 aliphatic carbocycles. The third-order valence-corrected chi connectivity index (χ3v) is 2.67. The Kier molecular flexibility index (Phi) is 4.57. The van der Waals surface area contributed by atoms with Gasteiger partial charge in [0, 0.05) is 0 Å². The first-order chi connectivity index (χ1) is 8.68. The quantitative estimate of drug-likeness (QED) is 0.886. The Morgan fingerprint density at radius 3 is 2.32 bits per heavy atom. The van der Waals surface area contributed by atoms with Crippen LogP contribution in [0.25, 0.3) is 0 Å². The van der Waals surface area contributed by atoms with Gasteiger partial charge in [0.2, 0.25) is 5.91 Å². The fraction of sp³-hybridized carbons (Fsp3) is 0.462. The average molecular weight is 274 g/mol. The molecule has 19 heavy (non-hydrogen) atoms. The summed E-state index contributed by atoms with van der Waals surface area (Å²) in [7, 11) is 0. The number of carbonyl (C=O) groups excluding carboxylic acids is 1. The van der Waals surface area contributed by atoms with Gasteiger partial charge in [0.15, 0.2) is 0 Å². The number of rotatable bonds is 4. The molecule has 6 heteroatoms. The van der Waals surface area contributed by atoms with Crippen LogP contribution in [0.2, 0.25) is 0 Å². The van der Waals surface area contributed by atoms with E-state index < -0.39 is 23.2 Å². The maximum absolute atomic E-state index is 12.8. The Hall–Kier alpha value is -1.56. The minimum Gasteiger partial charge on any atom is -0.324 e. The van der Waals surface area contributed by atoms with Gasteiger partial charge in [-0.3, -0.25) is 4.79 Å². The SMILES string of the molecule is CCNC(C)(C)C(=O)Nc1ccccc1C(F)(F)F. The molecule has 2 N–H and O–H groups in total. The lowest BCUT2D eigenvalue weighted by Crippen LogP contribution is -2.49. The summed E-state index contributed by atoms with van der Waals surface area (Å²) in [5, 5.41) is 5.23. The van der Waals surface area contributed by atoms with E-state index in [0.717, 1.165) is 6.07 Å². The van der Waals surface area contributed by atoms with Crippen molar-refractivity contribution in [3.63, 3.8) is 0 Å². The number of para-hydroxylation sites is 1. The van der Waals surface area contributed by atoms with Gasteiger partial charge >= 0.3 is 6.18 Å². The summed E-state index contributed by atoms with van der Waals surface area (Å²) in [6, 6.07) is 4.91. The number of benzene rings is 1. The molecule has 0 bridgehead atoms. The van der Waals surface area contributed by atoms with E-state index in [0.29, 0.717) is 6.54 Å². The summed E-state index contributed by atoms with van der Waals surface area (Å²) in [5.41, 5.74) is -2.02. The van der Waals surface area contributed by atoms with Crippen LogP contribution in [0.4, 0.5) is 18.9 Å². The molecule has 1 amide bonds. The summed E-state index contributed by atoms with van der Waals surface area (Å²) in [5.74, 6) is -0.508. The molecule has 3 nitrogen and oxygen atoms in total. The first-order valence-electron chi connectivity index (χ1n) is 5.91. The topological polar surface area (TPSA) is 41.1 Å². The molecule has 0 aliphatic rings. The molecule has 1 aromatic carbocycles. The molecule has 0 aliphatic heterocycles. The molecule has 1 aromatic rings. The van der Waals surface area contributed by atoms with Crippen LogP contribution >= 0.6 is 0 Å². The number of amides is 1. The highest BCUT2D eigenvalue weighted by Gasteiger charge is 2.35. The zero-order chi connectivity index (χ0) is 14.7. The lowest BCUT2D eigenvalue weighted by Gasteiger charge is -2.25. The van der Waals surface area contributed by atoms with Crippen molar-refractivity contribution in [2.75, 3.05) is 11.9 Å². The van der Waals surface area contributed by atoms with Crippen LogP contribution in [0.3, 0.4) is 0 Å². The highest BCUT2D eigenvalue weighted by Crippen LogP contribution is 2.34. The average Bonchev–Trinajstić information content (AvgIpc) is 2.28. The monoisotopic (exact) mass is 274 g/mol. The number of likely N-dealkylation sites (N-methyl/N-ethyl adjacent to an activating group) is 1. The first-order valence-corrected chi connectivity index (χ1v) is 5.91. The lowest BCUT2D eigenvalue weighted by molar-refractivity contribution is -0.137. The van der Waals surface area contributed by atoms with E-state index in [1.165, 1.54) is 18.2 Å². The van der Waals surface area contributed by atoms with Gasteiger partial charge in [0.25, 0.3) is 0 Å². The number of alkyl halides is 3. The van der Waals surface area contributed by atoms with Gasteiger partial charge in [-0.2, -0.15) is 13.2 Å². The van der Waals surface area contributed by atoms with E-state index in [2.05, 4.69) is 10.6 Å². The fourth-order valence-corrected chi connectivity index (χ4v) is 1.64. The van der Waals surface area contributed by atoms with Gasteiger partial charge in [0.1, 0.15) is 0 Å². The molecule has 106 valence electrons. The van der Waals surface area contributed by atoms with Crippen molar-refractivity contribution in [2.45, 2.75) is 32.5 Å². The number of anilines is 1. The summed E-state index contributed by atoms with van der Waals surface area (Å²) >= 11 is 0. The van der Waals surface area contributed by atoms with E-state index in [4.69, 9.17) is 0 Å². The van der Waals surface area contributed by atoms with Gasteiger partial charge in [-0.05, 0) is 32.5 Å². The normalized spacial score (nSPS) is 12.3. The standard InChI is InChI=1S/C13H17F3N2O/c1-4-17-12(2,3)11(19)18-10-8-6-5-7-9(10)13(14,15)16/h5-8,17H,4H2,1-3H3,(H,18,19). The molecule has 0 fully saturated rings. The summed E-state index contributed by atoms with van der Waals surface area (Å²) in [6.45, 7) is 5.59.